The van der Waals surface area contributed by atoms with Gasteiger partial charge in [0, 0.05) is 12.1 Å². The van der Waals surface area contributed by atoms with Crippen molar-refractivity contribution in [2.45, 2.75) is 45.9 Å². The lowest BCUT2D eigenvalue weighted by atomic mass is 10.0. The quantitative estimate of drug-likeness (QED) is 0.794. The van der Waals surface area contributed by atoms with Crippen LogP contribution in [0.4, 0.5) is 0 Å². The van der Waals surface area contributed by atoms with E-state index in [2.05, 4.69) is 19.2 Å². The van der Waals surface area contributed by atoms with Gasteiger partial charge in [0.15, 0.2) is 0 Å². The summed E-state index contributed by atoms with van der Waals surface area (Å²) in [6.07, 6.45) is -0.438. The molecule has 1 aromatic carbocycles. The fraction of sp³-hybridized carbons (Fsp3) is 0.538. The highest BCUT2D eigenvalue weighted by Gasteiger charge is 2.16. The van der Waals surface area contributed by atoms with Gasteiger partial charge in [-0.1, -0.05) is 43.7 Å². The van der Waals surface area contributed by atoms with E-state index in [0.29, 0.717) is 6.04 Å². The molecule has 0 spiro atoms. The second-order valence-electron chi connectivity index (χ2n) is 4.47. The Kier molecular flexibility index (Phi) is 4.30. The maximum Gasteiger partial charge on any atom is 0.0940 e. The molecule has 0 saturated heterocycles. The van der Waals surface area contributed by atoms with Crippen molar-refractivity contribution in [2.75, 3.05) is 0 Å². The minimum absolute atomic E-state index is 0.0757. The Morgan fingerprint density at radius 3 is 2.40 bits per heavy atom. The van der Waals surface area contributed by atoms with Crippen LogP contribution in [0.5, 0.6) is 0 Å². The van der Waals surface area contributed by atoms with Gasteiger partial charge in [-0.05, 0) is 19.4 Å². The number of aryl methyl sites for hydroxylation is 1. The molecule has 2 heteroatoms. The van der Waals surface area contributed by atoms with Crippen LogP contribution in [-0.4, -0.2) is 17.2 Å². The SMILES string of the molecule is Cc1cccc([C@@H](O)[C@@H](C)NC(C)C)c1. The number of hydrogen-bond donors (Lipinski definition) is 2. The van der Waals surface area contributed by atoms with Gasteiger partial charge in [0.1, 0.15) is 0 Å². The summed E-state index contributed by atoms with van der Waals surface area (Å²) < 4.78 is 0. The Bertz CT molecular complexity index is 309. The third kappa shape index (κ3) is 3.65. The molecule has 0 heterocycles. The third-order valence-electron chi connectivity index (χ3n) is 2.45. The summed E-state index contributed by atoms with van der Waals surface area (Å²) in [4.78, 5) is 0. The molecule has 0 fully saturated rings. The van der Waals surface area contributed by atoms with E-state index in [-0.39, 0.29) is 6.04 Å². The molecular weight excluding hydrogens is 186 g/mol. The van der Waals surface area contributed by atoms with Crippen LogP contribution in [0.2, 0.25) is 0 Å². The molecule has 1 rings (SSSR count). The van der Waals surface area contributed by atoms with Crippen LogP contribution in [0.3, 0.4) is 0 Å². The second-order valence-corrected chi connectivity index (χ2v) is 4.47. The zero-order valence-corrected chi connectivity index (χ0v) is 9.99. The summed E-state index contributed by atoms with van der Waals surface area (Å²) in [6, 6.07) is 8.48. The first-order valence-electron chi connectivity index (χ1n) is 5.51. The highest BCUT2D eigenvalue weighted by atomic mass is 16.3. The summed E-state index contributed by atoms with van der Waals surface area (Å²) in [7, 11) is 0. The lowest BCUT2D eigenvalue weighted by Gasteiger charge is -2.23. The fourth-order valence-corrected chi connectivity index (χ4v) is 1.76. The van der Waals surface area contributed by atoms with Gasteiger partial charge in [0.05, 0.1) is 6.10 Å². The number of hydrogen-bond acceptors (Lipinski definition) is 2. The smallest absolute Gasteiger partial charge is 0.0940 e. The van der Waals surface area contributed by atoms with E-state index in [1.807, 2.05) is 38.1 Å². The summed E-state index contributed by atoms with van der Waals surface area (Å²) in [5.41, 5.74) is 2.17. The van der Waals surface area contributed by atoms with Crippen molar-refractivity contribution in [2.24, 2.45) is 0 Å². The average molecular weight is 207 g/mol. The molecule has 0 aliphatic rings. The number of rotatable bonds is 4. The minimum atomic E-state index is -0.438. The maximum absolute atomic E-state index is 10.1. The lowest BCUT2D eigenvalue weighted by molar-refractivity contribution is 0.131. The van der Waals surface area contributed by atoms with Crippen LogP contribution in [0.1, 0.15) is 38.0 Å². The molecule has 1 aromatic rings. The molecule has 0 saturated carbocycles. The summed E-state index contributed by atoms with van der Waals surface area (Å²) >= 11 is 0. The molecule has 84 valence electrons. The van der Waals surface area contributed by atoms with E-state index in [9.17, 15) is 5.11 Å². The van der Waals surface area contributed by atoms with Crippen molar-refractivity contribution < 1.29 is 5.11 Å². The first-order valence-corrected chi connectivity index (χ1v) is 5.51. The Morgan fingerprint density at radius 1 is 1.20 bits per heavy atom. The first kappa shape index (κ1) is 12.2. The van der Waals surface area contributed by atoms with Crippen molar-refractivity contribution in [1.82, 2.24) is 5.32 Å². The van der Waals surface area contributed by atoms with E-state index in [1.54, 1.807) is 0 Å². The lowest BCUT2D eigenvalue weighted by Crippen LogP contribution is -2.36. The molecule has 0 amide bonds. The van der Waals surface area contributed by atoms with Gasteiger partial charge in [-0.2, -0.15) is 0 Å². The highest BCUT2D eigenvalue weighted by Crippen LogP contribution is 2.17. The summed E-state index contributed by atoms with van der Waals surface area (Å²) in [6.45, 7) is 8.21. The van der Waals surface area contributed by atoms with E-state index in [0.717, 1.165) is 5.56 Å². The number of nitrogens with one attached hydrogen (secondary N) is 1. The molecule has 0 unspecified atom stereocenters. The third-order valence-corrected chi connectivity index (χ3v) is 2.45. The van der Waals surface area contributed by atoms with Crippen molar-refractivity contribution in [3.05, 3.63) is 35.4 Å². The molecule has 2 nitrogen and oxygen atoms in total. The summed E-state index contributed by atoms with van der Waals surface area (Å²) in [5.74, 6) is 0. The van der Waals surface area contributed by atoms with Gasteiger partial charge in [-0.15, -0.1) is 0 Å². The van der Waals surface area contributed by atoms with Crippen LogP contribution < -0.4 is 5.32 Å². The molecule has 0 aromatic heterocycles. The van der Waals surface area contributed by atoms with Gasteiger partial charge in [0.25, 0.3) is 0 Å². The zero-order chi connectivity index (χ0) is 11.4. The topological polar surface area (TPSA) is 32.3 Å². The molecule has 15 heavy (non-hydrogen) atoms. The van der Waals surface area contributed by atoms with Gasteiger partial charge < -0.3 is 10.4 Å². The van der Waals surface area contributed by atoms with E-state index in [4.69, 9.17) is 0 Å². The molecule has 2 atom stereocenters. The van der Waals surface area contributed by atoms with Gasteiger partial charge in [0.2, 0.25) is 0 Å². The zero-order valence-electron chi connectivity index (χ0n) is 9.99. The Labute approximate surface area is 92.3 Å². The molecule has 2 N–H and O–H groups in total. The highest BCUT2D eigenvalue weighted by molar-refractivity contribution is 5.24. The number of aliphatic hydroxyl groups is 1. The summed E-state index contributed by atoms with van der Waals surface area (Å²) in [5, 5.41) is 13.4. The van der Waals surface area contributed by atoms with E-state index in [1.165, 1.54) is 5.56 Å². The Balaban J connectivity index is 2.71. The van der Waals surface area contributed by atoms with Gasteiger partial charge in [-0.25, -0.2) is 0 Å². The van der Waals surface area contributed by atoms with Crippen LogP contribution in [0.15, 0.2) is 24.3 Å². The minimum Gasteiger partial charge on any atom is -0.387 e. The largest absolute Gasteiger partial charge is 0.387 e. The van der Waals surface area contributed by atoms with Crippen LogP contribution in [-0.2, 0) is 0 Å². The average Bonchev–Trinajstić information content (AvgIpc) is 2.15. The molecule has 0 radical (unpaired) electrons. The number of aliphatic hydroxyl groups excluding tert-OH is 1. The second kappa shape index (κ2) is 5.29. The van der Waals surface area contributed by atoms with Crippen molar-refractivity contribution in [3.8, 4) is 0 Å². The molecule has 0 aliphatic carbocycles. The van der Waals surface area contributed by atoms with Crippen molar-refractivity contribution in [1.29, 1.82) is 0 Å². The van der Waals surface area contributed by atoms with E-state index >= 15 is 0 Å². The first-order chi connectivity index (χ1) is 7.00. The predicted molar refractivity (Wildman–Crippen MR) is 63.9 cm³/mol. The van der Waals surface area contributed by atoms with Crippen molar-refractivity contribution in [3.63, 3.8) is 0 Å². The standard InChI is InChI=1S/C13H21NO/c1-9(2)14-11(4)13(15)12-7-5-6-10(3)8-12/h5-9,11,13-15H,1-4H3/t11-,13+/m1/s1. The number of benzene rings is 1. The fourth-order valence-electron chi connectivity index (χ4n) is 1.76. The molecule has 0 bridgehead atoms. The van der Waals surface area contributed by atoms with Crippen LogP contribution in [0, 0.1) is 6.92 Å². The molecule has 0 aliphatic heterocycles. The Hall–Kier alpha value is -0.860. The molecular formula is C13H21NO. The predicted octanol–water partition coefficient (Wildman–Crippen LogP) is 2.41. The Morgan fingerprint density at radius 2 is 1.87 bits per heavy atom. The maximum atomic E-state index is 10.1. The van der Waals surface area contributed by atoms with Gasteiger partial charge in [-0.3, -0.25) is 0 Å². The van der Waals surface area contributed by atoms with E-state index < -0.39 is 6.10 Å². The van der Waals surface area contributed by atoms with Crippen LogP contribution in [0.25, 0.3) is 0 Å². The van der Waals surface area contributed by atoms with Crippen molar-refractivity contribution >= 4 is 0 Å². The normalized spacial score (nSPS) is 15.3. The monoisotopic (exact) mass is 207 g/mol. The van der Waals surface area contributed by atoms with Crippen LogP contribution >= 0.6 is 0 Å². The van der Waals surface area contributed by atoms with Gasteiger partial charge >= 0.3 is 0 Å².